The van der Waals surface area contributed by atoms with Crippen LogP contribution >= 0.6 is 11.6 Å². The summed E-state index contributed by atoms with van der Waals surface area (Å²) in [6.45, 7) is 0.734. The lowest BCUT2D eigenvalue weighted by atomic mass is 10.0. The number of nitriles is 1. The van der Waals surface area contributed by atoms with Gasteiger partial charge in [0.1, 0.15) is 5.82 Å². The molecule has 0 saturated carbocycles. The molecule has 2 N–H and O–H groups in total. The molecule has 3 rings (SSSR count). The molecule has 1 amide bonds. The Kier molecular flexibility index (Phi) is 5.45. The van der Waals surface area contributed by atoms with Crippen LogP contribution in [0.5, 0.6) is 0 Å². The lowest BCUT2D eigenvalue weighted by molar-refractivity contribution is -0.138. The average molecular weight is 441 g/mol. The molecule has 0 bridgehead atoms. The second-order valence-corrected chi connectivity index (χ2v) is 7.07. The van der Waals surface area contributed by atoms with Crippen LogP contribution in [0.3, 0.4) is 0 Å². The van der Waals surface area contributed by atoms with Gasteiger partial charge in [-0.05, 0) is 43.3 Å². The van der Waals surface area contributed by atoms with Gasteiger partial charge in [-0.25, -0.2) is 4.39 Å². The summed E-state index contributed by atoms with van der Waals surface area (Å²) in [7, 11) is 0. The van der Waals surface area contributed by atoms with Gasteiger partial charge >= 0.3 is 6.18 Å². The van der Waals surface area contributed by atoms with Crippen molar-refractivity contribution in [2.45, 2.75) is 25.2 Å². The third kappa shape index (κ3) is 4.22. The highest BCUT2D eigenvalue weighted by Crippen LogP contribution is 2.34. The van der Waals surface area contributed by atoms with Gasteiger partial charge in [0.05, 0.1) is 29.3 Å². The maximum Gasteiger partial charge on any atom is 0.417 e. The summed E-state index contributed by atoms with van der Waals surface area (Å²) in [4.78, 5) is 12.5. The van der Waals surface area contributed by atoms with Crippen LogP contribution in [0.2, 0.25) is 5.15 Å². The van der Waals surface area contributed by atoms with Crippen molar-refractivity contribution in [1.29, 1.82) is 5.26 Å². The fraction of sp³-hybridized carbons (Fsp3) is 0.211. The van der Waals surface area contributed by atoms with Gasteiger partial charge < -0.3 is 10.4 Å². The third-order valence-electron chi connectivity index (χ3n) is 4.32. The van der Waals surface area contributed by atoms with Crippen molar-refractivity contribution in [3.05, 3.63) is 58.5 Å². The summed E-state index contributed by atoms with van der Waals surface area (Å²) in [6, 6.07) is 7.74. The summed E-state index contributed by atoms with van der Waals surface area (Å²) < 4.78 is 53.9. The summed E-state index contributed by atoms with van der Waals surface area (Å²) in [5.74, 6) is -1.56. The molecule has 30 heavy (non-hydrogen) atoms. The molecular weight excluding hydrogens is 428 g/mol. The summed E-state index contributed by atoms with van der Waals surface area (Å²) >= 11 is 5.96. The van der Waals surface area contributed by atoms with Crippen molar-refractivity contribution < 1.29 is 27.5 Å². The van der Waals surface area contributed by atoms with Crippen molar-refractivity contribution in [1.82, 2.24) is 9.78 Å². The van der Waals surface area contributed by atoms with Crippen LogP contribution in [0.4, 0.5) is 23.2 Å². The number of fused-ring (bicyclic) bond motifs is 1. The Hall–Kier alpha value is -3.16. The molecule has 3 aromatic rings. The van der Waals surface area contributed by atoms with E-state index in [-0.39, 0.29) is 16.2 Å². The number of halogens is 5. The second-order valence-electron chi connectivity index (χ2n) is 6.71. The summed E-state index contributed by atoms with van der Waals surface area (Å²) in [6.07, 6.45) is -4.80. The first-order chi connectivity index (χ1) is 13.9. The maximum atomic E-state index is 13.4. The van der Waals surface area contributed by atoms with Gasteiger partial charge in [-0.1, -0.05) is 11.6 Å². The average Bonchev–Trinajstić information content (AvgIpc) is 2.95. The zero-order valence-corrected chi connectivity index (χ0v) is 16.0. The van der Waals surface area contributed by atoms with Crippen LogP contribution in [0.15, 0.2) is 36.4 Å². The normalized spacial score (nSPS) is 13.7. The van der Waals surface area contributed by atoms with E-state index in [0.717, 1.165) is 31.2 Å². The van der Waals surface area contributed by atoms with Gasteiger partial charge in [0, 0.05) is 11.1 Å². The van der Waals surface area contributed by atoms with E-state index in [1.165, 1.54) is 16.8 Å². The van der Waals surface area contributed by atoms with Gasteiger partial charge in [-0.3, -0.25) is 9.48 Å². The quantitative estimate of drug-likeness (QED) is 0.597. The predicted molar refractivity (Wildman–Crippen MR) is 100 cm³/mol. The Morgan fingerprint density at radius 1 is 1.30 bits per heavy atom. The fourth-order valence-electron chi connectivity index (χ4n) is 2.82. The number of nitrogens with zero attached hydrogens (tertiary/aromatic N) is 3. The van der Waals surface area contributed by atoms with Crippen molar-refractivity contribution in [2.75, 3.05) is 5.32 Å². The highest BCUT2D eigenvalue weighted by atomic mass is 35.5. The van der Waals surface area contributed by atoms with Crippen LogP contribution in [0.25, 0.3) is 10.9 Å². The molecule has 0 radical (unpaired) electrons. The molecule has 2 aromatic carbocycles. The molecule has 0 saturated heterocycles. The first-order valence-corrected chi connectivity index (χ1v) is 8.77. The van der Waals surface area contributed by atoms with Crippen LogP contribution in [0.1, 0.15) is 18.1 Å². The summed E-state index contributed by atoms with van der Waals surface area (Å²) in [5, 5.41) is 25.8. The molecule has 1 unspecified atom stereocenters. The minimum atomic E-state index is -4.80. The zero-order chi connectivity index (χ0) is 22.3. The number of amides is 1. The van der Waals surface area contributed by atoms with Crippen LogP contribution in [0, 0.1) is 17.1 Å². The highest BCUT2D eigenvalue weighted by Gasteiger charge is 2.35. The SMILES string of the molecule is CC(O)(Cn1nc(Cl)c2cc(F)ccc21)C(=O)Nc1ccc(C#N)c(C(F)(F)F)c1. The van der Waals surface area contributed by atoms with E-state index in [9.17, 15) is 27.5 Å². The lowest BCUT2D eigenvalue weighted by Gasteiger charge is -2.23. The van der Waals surface area contributed by atoms with Crippen LogP contribution < -0.4 is 5.32 Å². The molecule has 0 aliphatic carbocycles. The number of benzene rings is 2. The predicted octanol–water partition coefficient (Wildman–Crippen LogP) is 4.11. The van der Waals surface area contributed by atoms with E-state index in [0.29, 0.717) is 11.6 Å². The van der Waals surface area contributed by atoms with Crippen molar-refractivity contribution in [3.63, 3.8) is 0 Å². The Labute approximate surface area is 172 Å². The molecule has 0 fully saturated rings. The number of aromatic nitrogens is 2. The number of alkyl halides is 3. The van der Waals surface area contributed by atoms with Crippen molar-refractivity contribution in [2.24, 2.45) is 0 Å². The molecule has 1 heterocycles. The van der Waals surface area contributed by atoms with Crippen molar-refractivity contribution in [3.8, 4) is 6.07 Å². The summed E-state index contributed by atoms with van der Waals surface area (Å²) in [5.41, 5.74) is -3.82. The first-order valence-electron chi connectivity index (χ1n) is 8.39. The van der Waals surface area contributed by atoms with E-state index in [1.807, 2.05) is 0 Å². The number of hydrogen-bond acceptors (Lipinski definition) is 4. The molecule has 0 aliphatic heterocycles. The van der Waals surface area contributed by atoms with Gasteiger partial charge in [-0.2, -0.15) is 23.5 Å². The monoisotopic (exact) mass is 440 g/mol. The fourth-order valence-corrected chi connectivity index (χ4v) is 3.06. The van der Waals surface area contributed by atoms with E-state index in [2.05, 4.69) is 10.4 Å². The van der Waals surface area contributed by atoms with Crippen LogP contribution in [-0.2, 0) is 17.5 Å². The number of hydrogen-bond donors (Lipinski definition) is 2. The van der Waals surface area contributed by atoms with Gasteiger partial charge in [-0.15, -0.1) is 0 Å². The zero-order valence-electron chi connectivity index (χ0n) is 15.3. The number of carbonyl (C=O) groups is 1. The second kappa shape index (κ2) is 7.59. The molecule has 6 nitrogen and oxygen atoms in total. The number of nitrogens with one attached hydrogen (secondary N) is 1. The Morgan fingerprint density at radius 2 is 2.00 bits per heavy atom. The molecule has 1 atom stereocenters. The first kappa shape index (κ1) is 21.5. The Bertz CT molecular complexity index is 1180. The molecule has 0 spiro atoms. The van der Waals surface area contributed by atoms with E-state index in [1.54, 1.807) is 0 Å². The largest absolute Gasteiger partial charge is 0.417 e. The number of rotatable bonds is 4. The van der Waals surface area contributed by atoms with E-state index >= 15 is 0 Å². The Morgan fingerprint density at radius 3 is 2.63 bits per heavy atom. The van der Waals surface area contributed by atoms with E-state index < -0.39 is 41.2 Å². The van der Waals surface area contributed by atoms with Crippen LogP contribution in [-0.4, -0.2) is 26.4 Å². The Balaban J connectivity index is 1.86. The molecule has 0 aliphatic rings. The topological polar surface area (TPSA) is 90.9 Å². The number of carbonyl (C=O) groups excluding carboxylic acids is 1. The molecule has 1 aromatic heterocycles. The van der Waals surface area contributed by atoms with E-state index in [4.69, 9.17) is 16.9 Å². The molecule has 156 valence electrons. The minimum Gasteiger partial charge on any atom is -0.378 e. The minimum absolute atomic E-state index is 0.0392. The number of aliphatic hydroxyl groups is 1. The standard InChI is InChI=1S/C19H13ClF4N4O2/c1-18(30,9-28-15-5-3-11(21)6-13(15)16(20)27-28)17(29)26-12-4-2-10(8-25)14(7-12)19(22,23)24/h2-7,30H,9H2,1H3,(H,26,29). The third-order valence-corrected chi connectivity index (χ3v) is 4.60. The lowest BCUT2D eigenvalue weighted by Crippen LogP contribution is -2.44. The highest BCUT2D eigenvalue weighted by molar-refractivity contribution is 6.34. The number of anilines is 1. The van der Waals surface area contributed by atoms with Gasteiger partial charge in [0.25, 0.3) is 5.91 Å². The molecule has 11 heteroatoms. The maximum absolute atomic E-state index is 13.4. The van der Waals surface area contributed by atoms with Gasteiger partial charge in [0.2, 0.25) is 0 Å². The van der Waals surface area contributed by atoms with Gasteiger partial charge in [0.15, 0.2) is 10.8 Å². The van der Waals surface area contributed by atoms with Crippen molar-refractivity contribution >= 4 is 34.1 Å². The molecular formula is C19H13ClF4N4O2. The smallest absolute Gasteiger partial charge is 0.378 e.